The minimum Gasteiger partial charge on any atom is -0.464 e. The average molecular weight is 285 g/mol. The lowest BCUT2D eigenvalue weighted by molar-refractivity contribution is -0.148. The summed E-state index contributed by atoms with van der Waals surface area (Å²) in [6.45, 7) is 2.78. The van der Waals surface area contributed by atoms with Crippen molar-refractivity contribution in [2.24, 2.45) is 0 Å². The maximum Gasteiger partial charge on any atom is 0.332 e. The maximum atomic E-state index is 11.7. The molecule has 0 aromatic heterocycles. The van der Waals surface area contributed by atoms with E-state index in [4.69, 9.17) is 9.47 Å². The van der Waals surface area contributed by atoms with Gasteiger partial charge in [0.05, 0.1) is 25.9 Å². The minimum absolute atomic E-state index is 0.00105. The highest BCUT2D eigenvalue weighted by atomic mass is 16.6. The van der Waals surface area contributed by atoms with Gasteiger partial charge in [0.25, 0.3) is 0 Å². The fourth-order valence-corrected chi connectivity index (χ4v) is 2.10. The van der Waals surface area contributed by atoms with Gasteiger partial charge >= 0.3 is 5.97 Å². The largest absolute Gasteiger partial charge is 0.464 e. The van der Waals surface area contributed by atoms with Crippen LogP contribution in [0.15, 0.2) is 12.2 Å². The van der Waals surface area contributed by atoms with Crippen molar-refractivity contribution in [2.75, 3.05) is 33.0 Å². The van der Waals surface area contributed by atoms with Crippen LogP contribution >= 0.6 is 0 Å². The van der Waals surface area contributed by atoms with Crippen LogP contribution in [0.2, 0.25) is 0 Å². The van der Waals surface area contributed by atoms with E-state index in [2.05, 4.69) is 0 Å². The standard InChI is InChI=1S/C14H23NO5/c1-2-20-14(18)11-19-9-4-3-8-15-12(10-16)6-5-7-13(15)17/h3-4,12,16H,2,5-11H2,1H3/t12-/m1/s1. The average Bonchev–Trinajstić information content (AvgIpc) is 2.44. The summed E-state index contributed by atoms with van der Waals surface area (Å²) in [6.07, 6.45) is 5.80. The number of carbonyl (C=O) groups excluding carboxylic acids is 2. The molecule has 0 saturated carbocycles. The molecule has 0 radical (unpaired) electrons. The van der Waals surface area contributed by atoms with Crippen molar-refractivity contribution in [3.05, 3.63) is 12.2 Å². The van der Waals surface area contributed by atoms with Gasteiger partial charge in [0.15, 0.2) is 0 Å². The molecule has 1 fully saturated rings. The molecule has 114 valence electrons. The number of likely N-dealkylation sites (tertiary alicyclic amines) is 1. The Labute approximate surface area is 119 Å². The van der Waals surface area contributed by atoms with E-state index >= 15 is 0 Å². The molecule has 6 nitrogen and oxygen atoms in total. The second kappa shape index (κ2) is 9.50. The van der Waals surface area contributed by atoms with Crippen LogP contribution in [0, 0.1) is 0 Å². The summed E-state index contributed by atoms with van der Waals surface area (Å²) >= 11 is 0. The molecule has 0 aromatic carbocycles. The summed E-state index contributed by atoms with van der Waals surface area (Å²) < 4.78 is 9.82. The van der Waals surface area contributed by atoms with Crippen LogP contribution in [-0.4, -0.2) is 60.9 Å². The number of hydrogen-bond donors (Lipinski definition) is 1. The second-order valence-electron chi connectivity index (χ2n) is 4.57. The van der Waals surface area contributed by atoms with Gasteiger partial charge in [-0.2, -0.15) is 0 Å². The molecule has 0 unspecified atom stereocenters. The monoisotopic (exact) mass is 285 g/mol. The molecule has 0 aliphatic carbocycles. The quantitative estimate of drug-likeness (QED) is 0.399. The summed E-state index contributed by atoms with van der Waals surface area (Å²) in [7, 11) is 0. The normalized spacial score (nSPS) is 19.6. The van der Waals surface area contributed by atoms with E-state index in [1.165, 1.54) is 0 Å². The highest BCUT2D eigenvalue weighted by Gasteiger charge is 2.26. The lowest BCUT2D eigenvalue weighted by atomic mass is 10.0. The summed E-state index contributed by atoms with van der Waals surface area (Å²) in [5.74, 6) is -0.306. The summed E-state index contributed by atoms with van der Waals surface area (Å²) in [5.41, 5.74) is 0. The Morgan fingerprint density at radius 2 is 2.30 bits per heavy atom. The van der Waals surface area contributed by atoms with Crippen LogP contribution < -0.4 is 0 Å². The maximum absolute atomic E-state index is 11.7. The first-order valence-corrected chi connectivity index (χ1v) is 6.97. The highest BCUT2D eigenvalue weighted by molar-refractivity contribution is 5.77. The number of piperidine rings is 1. The van der Waals surface area contributed by atoms with E-state index < -0.39 is 0 Å². The molecule has 1 heterocycles. The van der Waals surface area contributed by atoms with Gasteiger partial charge in [0, 0.05) is 13.0 Å². The Balaban J connectivity index is 2.22. The zero-order valence-electron chi connectivity index (χ0n) is 11.9. The third-order valence-electron chi connectivity index (χ3n) is 3.11. The smallest absolute Gasteiger partial charge is 0.332 e. The Kier molecular flexibility index (Phi) is 7.91. The van der Waals surface area contributed by atoms with E-state index in [-0.39, 0.29) is 31.1 Å². The van der Waals surface area contributed by atoms with Gasteiger partial charge in [-0.1, -0.05) is 12.2 Å². The summed E-state index contributed by atoms with van der Waals surface area (Å²) in [4.78, 5) is 24.4. The van der Waals surface area contributed by atoms with Crippen LogP contribution in [-0.2, 0) is 19.1 Å². The number of esters is 1. The number of aliphatic hydroxyl groups excluding tert-OH is 1. The number of amides is 1. The number of carbonyl (C=O) groups is 2. The topological polar surface area (TPSA) is 76.1 Å². The number of ether oxygens (including phenoxy) is 2. The minimum atomic E-state index is -0.382. The van der Waals surface area contributed by atoms with E-state index in [0.717, 1.165) is 12.8 Å². The number of rotatable bonds is 8. The van der Waals surface area contributed by atoms with Crippen LogP contribution in [0.5, 0.6) is 0 Å². The first-order valence-electron chi connectivity index (χ1n) is 6.97. The molecule has 1 aliphatic rings. The van der Waals surface area contributed by atoms with Crippen molar-refractivity contribution in [3.8, 4) is 0 Å². The third kappa shape index (κ3) is 5.71. The van der Waals surface area contributed by atoms with E-state index in [9.17, 15) is 14.7 Å². The van der Waals surface area contributed by atoms with Crippen molar-refractivity contribution in [3.63, 3.8) is 0 Å². The molecule has 1 rings (SSSR count). The Morgan fingerprint density at radius 3 is 3.00 bits per heavy atom. The molecule has 20 heavy (non-hydrogen) atoms. The lowest BCUT2D eigenvalue weighted by Crippen LogP contribution is -2.45. The van der Waals surface area contributed by atoms with Crippen molar-refractivity contribution in [1.82, 2.24) is 4.90 Å². The van der Waals surface area contributed by atoms with Crippen molar-refractivity contribution in [2.45, 2.75) is 32.2 Å². The molecule has 6 heteroatoms. The lowest BCUT2D eigenvalue weighted by Gasteiger charge is -2.33. The van der Waals surface area contributed by atoms with Gasteiger partial charge in [-0.25, -0.2) is 4.79 Å². The predicted octanol–water partition coefficient (Wildman–Crippen LogP) is 0.496. The highest BCUT2D eigenvalue weighted by Crippen LogP contribution is 2.17. The van der Waals surface area contributed by atoms with Crippen molar-refractivity contribution in [1.29, 1.82) is 0 Å². The fourth-order valence-electron chi connectivity index (χ4n) is 2.10. The SMILES string of the molecule is CCOC(=O)COCC=CCN1C(=O)CCC[C@@H]1CO. The Hall–Kier alpha value is -1.40. The zero-order valence-corrected chi connectivity index (χ0v) is 11.9. The molecule has 1 aliphatic heterocycles. The summed E-state index contributed by atoms with van der Waals surface area (Å²) in [5, 5.41) is 9.24. The molecule has 1 amide bonds. The predicted molar refractivity (Wildman–Crippen MR) is 73.0 cm³/mol. The second-order valence-corrected chi connectivity index (χ2v) is 4.57. The molecule has 0 bridgehead atoms. The molecule has 1 atom stereocenters. The number of aliphatic hydroxyl groups is 1. The van der Waals surface area contributed by atoms with E-state index in [1.807, 2.05) is 6.08 Å². The van der Waals surface area contributed by atoms with Gasteiger partial charge < -0.3 is 19.5 Å². The van der Waals surface area contributed by atoms with Crippen molar-refractivity contribution >= 4 is 11.9 Å². The molecule has 0 aromatic rings. The van der Waals surface area contributed by atoms with E-state index in [1.54, 1.807) is 17.9 Å². The molecule has 1 N–H and O–H groups in total. The first kappa shape index (κ1) is 16.7. The van der Waals surface area contributed by atoms with Crippen LogP contribution in [0.25, 0.3) is 0 Å². The molecule has 1 saturated heterocycles. The first-order chi connectivity index (χ1) is 9.69. The molecule has 0 spiro atoms. The van der Waals surface area contributed by atoms with Crippen LogP contribution in [0.3, 0.4) is 0 Å². The van der Waals surface area contributed by atoms with Crippen molar-refractivity contribution < 1.29 is 24.2 Å². The Bertz CT molecular complexity index is 342. The van der Waals surface area contributed by atoms with Gasteiger partial charge in [-0.3, -0.25) is 4.79 Å². The number of hydrogen-bond acceptors (Lipinski definition) is 5. The summed E-state index contributed by atoms with van der Waals surface area (Å²) in [6, 6.07) is -0.0821. The Morgan fingerprint density at radius 1 is 1.50 bits per heavy atom. The van der Waals surface area contributed by atoms with Gasteiger partial charge in [-0.05, 0) is 19.8 Å². The van der Waals surface area contributed by atoms with Gasteiger partial charge in [-0.15, -0.1) is 0 Å². The van der Waals surface area contributed by atoms with Crippen LogP contribution in [0.1, 0.15) is 26.2 Å². The fraction of sp³-hybridized carbons (Fsp3) is 0.714. The van der Waals surface area contributed by atoms with Crippen LogP contribution in [0.4, 0.5) is 0 Å². The zero-order chi connectivity index (χ0) is 14.8. The van der Waals surface area contributed by atoms with Gasteiger partial charge in [0.1, 0.15) is 6.61 Å². The van der Waals surface area contributed by atoms with E-state index in [0.29, 0.717) is 26.2 Å². The molecular formula is C14H23NO5. The third-order valence-corrected chi connectivity index (χ3v) is 3.11. The molecular weight excluding hydrogens is 262 g/mol. The van der Waals surface area contributed by atoms with Gasteiger partial charge in [0.2, 0.25) is 5.91 Å². The number of nitrogens with zero attached hydrogens (tertiary/aromatic N) is 1.